The van der Waals surface area contributed by atoms with E-state index in [9.17, 15) is 0 Å². The van der Waals surface area contributed by atoms with Crippen LogP contribution in [0.25, 0.3) is 11.3 Å². The molecule has 0 bridgehead atoms. The molecule has 0 radical (unpaired) electrons. The first kappa shape index (κ1) is 12.1. The standard InChI is InChI=1S/C12H14N2O4/c1-15-9-5-4-7(8-6-10(13)18-14-8)11(16-2)12(9)17-3/h4-6H,13H2,1-3H3. The highest BCUT2D eigenvalue weighted by Crippen LogP contribution is 2.43. The normalized spacial score (nSPS) is 10.2. The number of nitrogens with zero attached hydrogens (tertiary/aromatic N) is 1. The predicted molar refractivity (Wildman–Crippen MR) is 66.0 cm³/mol. The van der Waals surface area contributed by atoms with Gasteiger partial charge in [-0.2, -0.15) is 0 Å². The maximum absolute atomic E-state index is 5.51. The Labute approximate surface area is 104 Å². The zero-order valence-corrected chi connectivity index (χ0v) is 10.4. The van der Waals surface area contributed by atoms with E-state index in [1.807, 2.05) is 0 Å². The van der Waals surface area contributed by atoms with Crippen LogP contribution in [0.4, 0.5) is 5.88 Å². The fourth-order valence-electron chi connectivity index (χ4n) is 1.72. The molecule has 1 aromatic heterocycles. The summed E-state index contributed by atoms with van der Waals surface area (Å²) < 4.78 is 20.7. The Morgan fingerprint density at radius 2 is 1.78 bits per heavy atom. The smallest absolute Gasteiger partial charge is 0.222 e. The molecule has 18 heavy (non-hydrogen) atoms. The van der Waals surface area contributed by atoms with Crippen molar-refractivity contribution in [3.8, 4) is 28.5 Å². The van der Waals surface area contributed by atoms with Gasteiger partial charge >= 0.3 is 0 Å². The second kappa shape index (κ2) is 4.87. The van der Waals surface area contributed by atoms with E-state index in [1.54, 1.807) is 39.5 Å². The quantitative estimate of drug-likeness (QED) is 0.893. The van der Waals surface area contributed by atoms with E-state index in [-0.39, 0.29) is 5.88 Å². The van der Waals surface area contributed by atoms with Crippen molar-refractivity contribution in [2.45, 2.75) is 0 Å². The van der Waals surface area contributed by atoms with E-state index in [4.69, 9.17) is 24.5 Å². The summed E-state index contributed by atoms with van der Waals surface area (Å²) in [6.07, 6.45) is 0. The molecule has 6 nitrogen and oxygen atoms in total. The number of anilines is 1. The first-order valence-corrected chi connectivity index (χ1v) is 5.22. The Kier molecular flexibility index (Phi) is 3.27. The lowest BCUT2D eigenvalue weighted by atomic mass is 10.1. The zero-order valence-electron chi connectivity index (χ0n) is 10.4. The number of benzene rings is 1. The van der Waals surface area contributed by atoms with Gasteiger partial charge in [-0.1, -0.05) is 5.16 Å². The number of hydrogen-bond acceptors (Lipinski definition) is 6. The van der Waals surface area contributed by atoms with Crippen molar-refractivity contribution >= 4 is 5.88 Å². The molecule has 1 heterocycles. The van der Waals surface area contributed by atoms with Crippen molar-refractivity contribution in [1.82, 2.24) is 5.16 Å². The number of ether oxygens (including phenoxy) is 3. The topological polar surface area (TPSA) is 79.7 Å². The van der Waals surface area contributed by atoms with Crippen molar-refractivity contribution in [3.05, 3.63) is 18.2 Å². The summed E-state index contributed by atoms with van der Waals surface area (Å²) >= 11 is 0. The largest absolute Gasteiger partial charge is 0.493 e. The monoisotopic (exact) mass is 250 g/mol. The van der Waals surface area contributed by atoms with Crippen LogP contribution in [0.1, 0.15) is 0 Å². The first-order valence-electron chi connectivity index (χ1n) is 5.22. The molecule has 0 aliphatic heterocycles. The van der Waals surface area contributed by atoms with Gasteiger partial charge in [0.25, 0.3) is 0 Å². The molecule has 0 aliphatic carbocycles. The van der Waals surface area contributed by atoms with Crippen LogP contribution in [0.15, 0.2) is 22.7 Å². The van der Waals surface area contributed by atoms with Gasteiger partial charge in [-0.15, -0.1) is 0 Å². The SMILES string of the molecule is COc1ccc(-c2cc(N)on2)c(OC)c1OC. The van der Waals surface area contributed by atoms with Crippen LogP contribution in [-0.2, 0) is 0 Å². The van der Waals surface area contributed by atoms with Crippen LogP contribution >= 0.6 is 0 Å². The number of hydrogen-bond donors (Lipinski definition) is 1. The van der Waals surface area contributed by atoms with E-state index in [2.05, 4.69) is 5.16 Å². The van der Waals surface area contributed by atoms with Crippen molar-refractivity contribution in [2.24, 2.45) is 0 Å². The molecule has 0 spiro atoms. The molecule has 2 aromatic rings. The molecule has 0 fully saturated rings. The van der Waals surface area contributed by atoms with E-state index < -0.39 is 0 Å². The summed E-state index contributed by atoms with van der Waals surface area (Å²) in [5.74, 6) is 1.83. The Morgan fingerprint density at radius 1 is 1.06 bits per heavy atom. The van der Waals surface area contributed by atoms with E-state index in [1.165, 1.54) is 0 Å². The van der Waals surface area contributed by atoms with Gasteiger partial charge in [-0.05, 0) is 12.1 Å². The van der Waals surface area contributed by atoms with Gasteiger partial charge in [-0.3, -0.25) is 0 Å². The van der Waals surface area contributed by atoms with Gasteiger partial charge < -0.3 is 24.5 Å². The molecule has 0 unspecified atom stereocenters. The van der Waals surface area contributed by atoms with Crippen LogP contribution in [0, 0.1) is 0 Å². The molecule has 1 aromatic carbocycles. The fraction of sp³-hybridized carbons (Fsp3) is 0.250. The minimum absolute atomic E-state index is 0.238. The summed E-state index contributed by atoms with van der Waals surface area (Å²) in [6, 6.07) is 5.18. The molecule has 0 saturated heterocycles. The number of nitrogens with two attached hydrogens (primary N) is 1. The number of aromatic nitrogens is 1. The maximum atomic E-state index is 5.51. The van der Waals surface area contributed by atoms with Gasteiger partial charge in [0.05, 0.1) is 21.3 Å². The third-order valence-corrected chi connectivity index (χ3v) is 2.51. The average molecular weight is 250 g/mol. The third-order valence-electron chi connectivity index (χ3n) is 2.51. The van der Waals surface area contributed by atoms with Crippen molar-refractivity contribution in [3.63, 3.8) is 0 Å². The average Bonchev–Trinajstić information content (AvgIpc) is 2.83. The molecule has 96 valence electrons. The van der Waals surface area contributed by atoms with Crippen molar-refractivity contribution < 1.29 is 18.7 Å². The van der Waals surface area contributed by atoms with Crippen LogP contribution in [-0.4, -0.2) is 26.5 Å². The molecule has 0 saturated carbocycles. The number of nitrogen functional groups attached to an aromatic ring is 1. The Balaban J connectivity index is 2.61. The highest BCUT2D eigenvalue weighted by Gasteiger charge is 2.18. The molecule has 0 atom stereocenters. The molecular formula is C12H14N2O4. The van der Waals surface area contributed by atoms with Crippen LogP contribution in [0.3, 0.4) is 0 Å². The summed E-state index contributed by atoms with van der Waals surface area (Å²) in [7, 11) is 4.65. The predicted octanol–water partition coefficient (Wildman–Crippen LogP) is 1.95. The maximum Gasteiger partial charge on any atom is 0.222 e. The second-order valence-corrected chi connectivity index (χ2v) is 3.50. The Hall–Kier alpha value is -2.37. The van der Waals surface area contributed by atoms with Crippen LogP contribution in [0.5, 0.6) is 17.2 Å². The van der Waals surface area contributed by atoms with Crippen molar-refractivity contribution in [1.29, 1.82) is 0 Å². The van der Waals surface area contributed by atoms with Gasteiger partial charge in [0.15, 0.2) is 11.5 Å². The summed E-state index contributed by atoms with van der Waals surface area (Å²) in [5.41, 5.74) is 6.80. The minimum atomic E-state index is 0.238. The van der Waals surface area contributed by atoms with Gasteiger partial charge in [-0.25, -0.2) is 0 Å². The molecule has 2 N–H and O–H groups in total. The Bertz CT molecular complexity index is 551. The van der Waals surface area contributed by atoms with Crippen molar-refractivity contribution in [2.75, 3.05) is 27.1 Å². The summed E-state index contributed by atoms with van der Waals surface area (Å²) in [6.45, 7) is 0. The second-order valence-electron chi connectivity index (χ2n) is 3.50. The van der Waals surface area contributed by atoms with Crippen LogP contribution in [0.2, 0.25) is 0 Å². The van der Waals surface area contributed by atoms with Crippen LogP contribution < -0.4 is 19.9 Å². The van der Waals surface area contributed by atoms with Gasteiger partial charge in [0, 0.05) is 11.6 Å². The molecule has 0 aliphatic rings. The fourth-order valence-corrected chi connectivity index (χ4v) is 1.72. The summed E-state index contributed by atoms with van der Waals surface area (Å²) in [5, 5.41) is 3.85. The van der Waals surface area contributed by atoms with Gasteiger partial charge in [0.2, 0.25) is 11.6 Å². The molecule has 2 rings (SSSR count). The highest BCUT2D eigenvalue weighted by molar-refractivity contribution is 5.74. The number of rotatable bonds is 4. The van der Waals surface area contributed by atoms with E-state index >= 15 is 0 Å². The third kappa shape index (κ3) is 1.92. The van der Waals surface area contributed by atoms with E-state index in [0.717, 1.165) is 5.56 Å². The lowest BCUT2D eigenvalue weighted by Crippen LogP contribution is -1.96. The van der Waals surface area contributed by atoms with E-state index in [0.29, 0.717) is 22.9 Å². The molecule has 6 heteroatoms. The zero-order chi connectivity index (χ0) is 13.1. The first-order chi connectivity index (χ1) is 8.71. The molecule has 0 amide bonds. The lowest BCUT2D eigenvalue weighted by molar-refractivity contribution is 0.325. The number of methoxy groups -OCH3 is 3. The lowest BCUT2D eigenvalue weighted by Gasteiger charge is -2.14. The highest BCUT2D eigenvalue weighted by atomic mass is 16.5. The van der Waals surface area contributed by atoms with Gasteiger partial charge in [0.1, 0.15) is 5.69 Å². The minimum Gasteiger partial charge on any atom is -0.493 e. The molecular weight excluding hydrogens is 236 g/mol. The summed E-state index contributed by atoms with van der Waals surface area (Å²) in [4.78, 5) is 0. The Morgan fingerprint density at radius 3 is 2.28 bits per heavy atom.